The van der Waals surface area contributed by atoms with Gasteiger partial charge in [-0.25, -0.2) is 9.97 Å². The van der Waals surface area contributed by atoms with Crippen LogP contribution in [0.15, 0.2) is 46.9 Å². The lowest BCUT2D eigenvalue weighted by molar-refractivity contribution is 0.0993. The van der Waals surface area contributed by atoms with E-state index in [0.29, 0.717) is 16.2 Å². The van der Waals surface area contributed by atoms with Crippen LogP contribution in [0, 0.1) is 13.8 Å². The molecule has 2 heterocycles. The number of aryl methyl sites for hydroxylation is 2. The maximum atomic E-state index is 12.9. The van der Waals surface area contributed by atoms with Gasteiger partial charge in [0.1, 0.15) is 5.01 Å². The third-order valence-electron chi connectivity index (χ3n) is 4.42. The number of aromatic nitrogens is 4. The van der Waals surface area contributed by atoms with Gasteiger partial charge in [0.2, 0.25) is 5.13 Å². The summed E-state index contributed by atoms with van der Waals surface area (Å²) in [6, 6.07) is 13.2. The van der Waals surface area contributed by atoms with Crippen LogP contribution < -0.4 is 4.90 Å². The van der Waals surface area contributed by atoms with E-state index in [1.807, 2.05) is 44.2 Å². The average molecular weight is 454 g/mol. The maximum absolute atomic E-state index is 12.9. The molecule has 0 aliphatic heterocycles. The van der Waals surface area contributed by atoms with Crippen LogP contribution in [0.1, 0.15) is 21.7 Å². The lowest BCUT2D eigenvalue weighted by atomic mass is 10.1. The van der Waals surface area contributed by atoms with Crippen molar-refractivity contribution in [3.8, 4) is 10.6 Å². The molecule has 0 saturated carbocycles. The third-order valence-corrected chi connectivity index (χ3v) is 6.00. The van der Waals surface area contributed by atoms with E-state index in [2.05, 4.69) is 36.1 Å². The second-order valence-electron chi connectivity index (χ2n) is 6.36. The fourth-order valence-electron chi connectivity index (χ4n) is 2.70. The minimum absolute atomic E-state index is 0.166. The molecule has 0 radical (unpaired) electrons. The monoisotopic (exact) mass is 453 g/mol. The number of nitrogens with zero attached hydrogens (tertiary/aromatic N) is 5. The van der Waals surface area contributed by atoms with Gasteiger partial charge in [-0.3, -0.25) is 9.69 Å². The normalized spacial score (nSPS) is 11.0. The van der Waals surface area contributed by atoms with Crippen molar-refractivity contribution in [2.75, 3.05) is 11.9 Å². The molecule has 0 fully saturated rings. The Kier molecular flexibility index (Phi) is 4.91. The van der Waals surface area contributed by atoms with Crippen LogP contribution in [0.2, 0.25) is 0 Å². The van der Waals surface area contributed by atoms with Crippen LogP contribution in [-0.2, 0) is 0 Å². The van der Waals surface area contributed by atoms with Gasteiger partial charge in [0.15, 0.2) is 0 Å². The number of carbonyl (C=O) groups excluding carboxylic acids is 1. The Hall–Kier alpha value is -2.71. The molecule has 4 aromatic rings. The molecule has 0 spiro atoms. The quantitative estimate of drug-likeness (QED) is 0.445. The molecule has 0 unspecified atom stereocenters. The first-order chi connectivity index (χ1) is 13.4. The highest BCUT2D eigenvalue weighted by molar-refractivity contribution is 9.10. The van der Waals surface area contributed by atoms with E-state index in [-0.39, 0.29) is 5.91 Å². The van der Waals surface area contributed by atoms with E-state index in [0.717, 1.165) is 31.9 Å². The molecular weight excluding hydrogens is 438 g/mol. The molecule has 0 atom stereocenters. The van der Waals surface area contributed by atoms with Crippen LogP contribution in [0.4, 0.5) is 5.13 Å². The van der Waals surface area contributed by atoms with Gasteiger partial charge in [-0.2, -0.15) is 0 Å². The zero-order valence-corrected chi connectivity index (χ0v) is 17.9. The highest BCUT2D eigenvalue weighted by atomic mass is 79.9. The first-order valence-electron chi connectivity index (χ1n) is 8.55. The smallest absolute Gasteiger partial charge is 0.259 e. The third kappa shape index (κ3) is 3.53. The Labute approximate surface area is 174 Å². The highest BCUT2D eigenvalue weighted by Crippen LogP contribution is 2.29. The van der Waals surface area contributed by atoms with Crippen molar-refractivity contribution < 1.29 is 4.79 Å². The Morgan fingerprint density at radius 2 is 1.64 bits per heavy atom. The first kappa shape index (κ1) is 18.6. The number of amides is 1. The number of fused-ring (bicyclic) bond motifs is 1. The molecule has 28 heavy (non-hydrogen) atoms. The average Bonchev–Trinajstić information content (AvgIpc) is 3.18. The molecule has 0 aliphatic carbocycles. The van der Waals surface area contributed by atoms with Crippen molar-refractivity contribution in [3.05, 3.63) is 63.9 Å². The summed E-state index contributed by atoms with van der Waals surface area (Å²) in [6.07, 6.45) is 0. The molecule has 8 heteroatoms. The summed E-state index contributed by atoms with van der Waals surface area (Å²) in [5.41, 5.74) is 4.71. The Balaban J connectivity index is 1.62. The van der Waals surface area contributed by atoms with Gasteiger partial charge >= 0.3 is 0 Å². The van der Waals surface area contributed by atoms with Crippen molar-refractivity contribution in [3.63, 3.8) is 0 Å². The summed E-state index contributed by atoms with van der Waals surface area (Å²) in [4.78, 5) is 23.5. The fraction of sp³-hybridized carbons (Fsp3) is 0.150. The standard InChI is InChI=1S/C20H16BrN5OS/c1-11-12(2)23-17-10-14(6-9-16(17)22-11)19(27)26(3)20-25-24-18(28-20)13-4-7-15(21)8-5-13/h4-10H,1-3H3. The molecule has 0 saturated heterocycles. The molecule has 1 amide bonds. The highest BCUT2D eigenvalue weighted by Gasteiger charge is 2.19. The summed E-state index contributed by atoms with van der Waals surface area (Å²) in [5.74, 6) is -0.166. The number of anilines is 1. The number of benzene rings is 2. The molecule has 140 valence electrons. The van der Waals surface area contributed by atoms with E-state index < -0.39 is 0 Å². The Morgan fingerprint density at radius 1 is 0.964 bits per heavy atom. The van der Waals surface area contributed by atoms with Crippen LogP contribution >= 0.6 is 27.3 Å². The van der Waals surface area contributed by atoms with Crippen LogP contribution in [0.25, 0.3) is 21.6 Å². The first-order valence-corrected chi connectivity index (χ1v) is 10.2. The van der Waals surface area contributed by atoms with Gasteiger partial charge in [0, 0.05) is 22.6 Å². The minimum Gasteiger partial charge on any atom is -0.286 e. The van der Waals surface area contributed by atoms with E-state index in [1.165, 1.54) is 16.2 Å². The van der Waals surface area contributed by atoms with Gasteiger partial charge in [0.25, 0.3) is 5.91 Å². The molecule has 2 aromatic heterocycles. The zero-order valence-electron chi connectivity index (χ0n) is 15.5. The van der Waals surface area contributed by atoms with Crippen LogP contribution in [0.3, 0.4) is 0 Å². The second kappa shape index (κ2) is 7.37. The topological polar surface area (TPSA) is 71.9 Å². The van der Waals surface area contributed by atoms with Crippen molar-refractivity contribution in [1.29, 1.82) is 0 Å². The van der Waals surface area contributed by atoms with Crippen molar-refractivity contribution >= 4 is 49.3 Å². The van der Waals surface area contributed by atoms with Crippen molar-refractivity contribution in [1.82, 2.24) is 20.2 Å². The Bertz CT molecular complexity index is 1190. The molecule has 0 N–H and O–H groups in total. The molecule has 0 bridgehead atoms. The molecule has 0 aliphatic rings. The summed E-state index contributed by atoms with van der Waals surface area (Å²) in [6.45, 7) is 3.83. The summed E-state index contributed by atoms with van der Waals surface area (Å²) in [5, 5.41) is 9.70. The number of hydrogen-bond donors (Lipinski definition) is 0. The molecule has 2 aromatic carbocycles. The maximum Gasteiger partial charge on any atom is 0.259 e. The minimum atomic E-state index is -0.166. The lowest BCUT2D eigenvalue weighted by Gasteiger charge is -2.13. The zero-order chi connectivity index (χ0) is 19.8. The SMILES string of the molecule is Cc1nc2ccc(C(=O)N(C)c3nnc(-c4ccc(Br)cc4)s3)cc2nc1C. The largest absolute Gasteiger partial charge is 0.286 e. The number of hydrogen-bond acceptors (Lipinski definition) is 6. The van der Waals surface area contributed by atoms with Gasteiger partial charge in [-0.1, -0.05) is 39.4 Å². The van der Waals surface area contributed by atoms with Crippen molar-refractivity contribution in [2.24, 2.45) is 0 Å². The molecule has 4 rings (SSSR count). The van der Waals surface area contributed by atoms with E-state index in [9.17, 15) is 4.79 Å². The second-order valence-corrected chi connectivity index (χ2v) is 8.23. The van der Waals surface area contributed by atoms with Crippen LogP contribution in [-0.4, -0.2) is 33.1 Å². The number of rotatable bonds is 3. The van der Waals surface area contributed by atoms with Crippen molar-refractivity contribution in [2.45, 2.75) is 13.8 Å². The lowest BCUT2D eigenvalue weighted by Crippen LogP contribution is -2.26. The van der Waals surface area contributed by atoms with Gasteiger partial charge in [-0.05, 0) is 44.2 Å². The van der Waals surface area contributed by atoms with Gasteiger partial charge in [-0.15, -0.1) is 10.2 Å². The Morgan fingerprint density at radius 3 is 2.36 bits per heavy atom. The molecule has 6 nitrogen and oxygen atoms in total. The fourth-order valence-corrected chi connectivity index (χ4v) is 3.78. The number of carbonyl (C=O) groups is 1. The van der Waals surface area contributed by atoms with Crippen LogP contribution in [0.5, 0.6) is 0 Å². The van der Waals surface area contributed by atoms with E-state index in [4.69, 9.17) is 0 Å². The predicted octanol–water partition coefficient (Wildman–Crippen LogP) is 4.80. The van der Waals surface area contributed by atoms with Gasteiger partial charge < -0.3 is 0 Å². The summed E-state index contributed by atoms with van der Waals surface area (Å²) in [7, 11) is 1.70. The predicted molar refractivity (Wildman–Crippen MR) is 115 cm³/mol. The van der Waals surface area contributed by atoms with Gasteiger partial charge in [0.05, 0.1) is 22.4 Å². The van der Waals surface area contributed by atoms with E-state index >= 15 is 0 Å². The molecular formula is C20H16BrN5OS. The van der Waals surface area contributed by atoms with E-state index in [1.54, 1.807) is 19.2 Å². The number of halogens is 1. The summed E-state index contributed by atoms with van der Waals surface area (Å²) >= 11 is 4.79. The summed E-state index contributed by atoms with van der Waals surface area (Å²) < 4.78 is 0.998.